The molecule has 0 unspecified atom stereocenters. The van der Waals surface area contributed by atoms with E-state index < -0.39 is 5.91 Å². The second kappa shape index (κ2) is 11.5. The maximum atomic E-state index is 12.6. The molecule has 2 heterocycles. The zero-order valence-corrected chi connectivity index (χ0v) is 20.3. The molecule has 3 rings (SSSR count). The third-order valence-corrected chi connectivity index (χ3v) is 4.82. The molecule has 11 nitrogen and oxygen atoms in total. The van der Waals surface area contributed by atoms with E-state index in [2.05, 4.69) is 20.7 Å². The van der Waals surface area contributed by atoms with E-state index in [0.717, 1.165) is 11.3 Å². The summed E-state index contributed by atoms with van der Waals surface area (Å²) in [6.45, 7) is 1.67. The molecule has 1 saturated heterocycles. The Balaban J connectivity index is 0.00000363. The molecule has 0 radical (unpaired) electrons. The average Bonchev–Trinajstić information content (AvgIpc) is 3.19. The monoisotopic (exact) mass is 554 g/mol. The number of rotatable bonds is 6. The fraction of sp³-hybridized carbons (Fsp3) is 0.350. The van der Waals surface area contributed by atoms with Crippen LogP contribution in [-0.4, -0.2) is 71.6 Å². The minimum absolute atomic E-state index is 0. The van der Waals surface area contributed by atoms with E-state index in [4.69, 9.17) is 5.73 Å². The minimum atomic E-state index is -0.597. The Labute approximate surface area is 203 Å². The molecule has 0 atom stereocenters. The van der Waals surface area contributed by atoms with Gasteiger partial charge in [-0.05, 0) is 17.7 Å². The zero-order valence-electron chi connectivity index (χ0n) is 17.9. The molecule has 0 saturated carbocycles. The first-order valence-corrected chi connectivity index (χ1v) is 9.77. The predicted octanol–water partition coefficient (Wildman–Crippen LogP) is -0.323. The van der Waals surface area contributed by atoms with Gasteiger partial charge in [-0.3, -0.25) is 24.1 Å². The van der Waals surface area contributed by atoms with Gasteiger partial charge in [0.05, 0.1) is 18.4 Å². The molecular weight excluding hydrogens is 527 g/mol. The Morgan fingerprint density at radius 2 is 1.91 bits per heavy atom. The Kier molecular flexibility index (Phi) is 8.99. The predicted molar refractivity (Wildman–Crippen MR) is 131 cm³/mol. The number of amides is 3. The van der Waals surface area contributed by atoms with Gasteiger partial charge in [0.2, 0.25) is 11.8 Å². The fourth-order valence-corrected chi connectivity index (χ4v) is 3.23. The van der Waals surface area contributed by atoms with Crippen molar-refractivity contribution in [2.45, 2.75) is 6.54 Å². The maximum Gasteiger partial charge on any atom is 0.251 e. The molecule has 0 aliphatic carbocycles. The number of nitrogens with two attached hydrogens (primary N) is 1. The molecule has 0 bridgehead atoms. The van der Waals surface area contributed by atoms with Crippen LogP contribution in [-0.2, 0) is 23.2 Å². The lowest BCUT2D eigenvalue weighted by molar-refractivity contribution is -0.120. The summed E-state index contributed by atoms with van der Waals surface area (Å²) in [6, 6.07) is 6.97. The van der Waals surface area contributed by atoms with E-state index in [9.17, 15) is 14.4 Å². The van der Waals surface area contributed by atoms with Crippen molar-refractivity contribution in [3.63, 3.8) is 0 Å². The summed E-state index contributed by atoms with van der Waals surface area (Å²) in [4.78, 5) is 43.2. The molecule has 1 aromatic carbocycles. The van der Waals surface area contributed by atoms with Gasteiger partial charge in [0.25, 0.3) is 5.91 Å². The largest absolute Gasteiger partial charge is 0.368 e. The molecule has 0 spiro atoms. The first kappa shape index (κ1) is 25.1. The lowest BCUT2D eigenvalue weighted by Gasteiger charge is -2.35. The highest BCUT2D eigenvalue weighted by atomic mass is 127. The number of primary amides is 1. The fourth-order valence-electron chi connectivity index (χ4n) is 3.23. The summed E-state index contributed by atoms with van der Waals surface area (Å²) in [5.74, 6) is -0.351. The van der Waals surface area contributed by atoms with Crippen molar-refractivity contribution >= 4 is 53.3 Å². The molecular formula is C20H27IN8O3. The number of aliphatic imine (C=N–C) groups is 1. The molecule has 172 valence electrons. The molecule has 1 aliphatic heterocycles. The van der Waals surface area contributed by atoms with Gasteiger partial charge >= 0.3 is 0 Å². The summed E-state index contributed by atoms with van der Waals surface area (Å²) in [7, 11) is 3.49. The van der Waals surface area contributed by atoms with Gasteiger partial charge in [0.1, 0.15) is 6.54 Å². The van der Waals surface area contributed by atoms with E-state index >= 15 is 0 Å². The van der Waals surface area contributed by atoms with Gasteiger partial charge in [-0.2, -0.15) is 5.10 Å². The molecule has 1 aliphatic rings. The SMILES string of the molecule is CN=C(NCc1ccc(C(=O)NCC(N)=O)cc1)N1CCN(c2cnn(C)c2)C(=O)C1.I. The van der Waals surface area contributed by atoms with Gasteiger partial charge in [-0.1, -0.05) is 12.1 Å². The second-order valence-corrected chi connectivity index (χ2v) is 7.09. The second-order valence-electron chi connectivity index (χ2n) is 7.09. The van der Waals surface area contributed by atoms with Crippen LogP contribution in [0.15, 0.2) is 41.7 Å². The van der Waals surface area contributed by atoms with Gasteiger partial charge in [0.15, 0.2) is 5.96 Å². The van der Waals surface area contributed by atoms with Gasteiger partial charge in [0, 0.05) is 45.5 Å². The number of nitrogens with one attached hydrogen (secondary N) is 2. The summed E-state index contributed by atoms with van der Waals surface area (Å²) in [5.41, 5.74) is 7.19. The Morgan fingerprint density at radius 1 is 1.19 bits per heavy atom. The van der Waals surface area contributed by atoms with Crippen LogP contribution in [0.5, 0.6) is 0 Å². The van der Waals surface area contributed by atoms with Crippen LogP contribution in [0.4, 0.5) is 5.69 Å². The van der Waals surface area contributed by atoms with E-state index in [1.807, 2.05) is 30.3 Å². The summed E-state index contributed by atoms with van der Waals surface area (Å²) in [5, 5.41) is 9.82. The average molecular weight is 554 g/mol. The lowest BCUT2D eigenvalue weighted by Crippen LogP contribution is -2.55. The lowest BCUT2D eigenvalue weighted by atomic mass is 10.1. The number of halogens is 1. The molecule has 32 heavy (non-hydrogen) atoms. The number of guanidine groups is 1. The van der Waals surface area contributed by atoms with Crippen LogP contribution >= 0.6 is 24.0 Å². The third kappa shape index (κ3) is 6.42. The van der Waals surface area contributed by atoms with Crippen molar-refractivity contribution in [2.75, 3.05) is 38.1 Å². The van der Waals surface area contributed by atoms with Crippen molar-refractivity contribution in [2.24, 2.45) is 17.8 Å². The molecule has 12 heteroatoms. The van der Waals surface area contributed by atoms with Crippen molar-refractivity contribution in [3.8, 4) is 0 Å². The van der Waals surface area contributed by atoms with E-state index in [-0.39, 0.29) is 48.9 Å². The van der Waals surface area contributed by atoms with Crippen molar-refractivity contribution in [1.29, 1.82) is 0 Å². The molecule has 4 N–H and O–H groups in total. The number of benzene rings is 1. The number of hydrogen-bond acceptors (Lipinski definition) is 5. The van der Waals surface area contributed by atoms with Gasteiger partial charge < -0.3 is 26.2 Å². The number of carbonyl (C=O) groups excluding carboxylic acids is 3. The number of aryl methyl sites for hydroxylation is 1. The first-order valence-electron chi connectivity index (χ1n) is 9.77. The maximum absolute atomic E-state index is 12.6. The van der Waals surface area contributed by atoms with Crippen LogP contribution in [0.2, 0.25) is 0 Å². The van der Waals surface area contributed by atoms with E-state index in [1.165, 1.54) is 0 Å². The van der Waals surface area contributed by atoms with Crippen LogP contribution in [0.3, 0.4) is 0 Å². The molecule has 3 amide bonds. The highest BCUT2D eigenvalue weighted by Crippen LogP contribution is 2.16. The van der Waals surface area contributed by atoms with Gasteiger partial charge in [-0.25, -0.2) is 0 Å². The number of piperazine rings is 1. The standard InChI is InChI=1S/C20H26N8O3.HI/c1-22-20(27-7-8-28(18(30)13-27)16-10-25-26(2)12-16)24-9-14-3-5-15(6-4-14)19(31)23-11-17(21)29;/h3-6,10,12H,7-9,11,13H2,1-2H3,(H2,21,29)(H,22,24)(H,23,31);1H. The van der Waals surface area contributed by atoms with Crippen molar-refractivity contribution in [1.82, 2.24) is 25.3 Å². The zero-order chi connectivity index (χ0) is 22.4. The van der Waals surface area contributed by atoms with Crippen LogP contribution in [0, 0.1) is 0 Å². The number of nitrogens with zero attached hydrogens (tertiary/aromatic N) is 5. The Morgan fingerprint density at radius 3 is 2.47 bits per heavy atom. The summed E-state index contributed by atoms with van der Waals surface area (Å²) < 4.78 is 1.67. The van der Waals surface area contributed by atoms with Crippen LogP contribution in [0.25, 0.3) is 0 Å². The van der Waals surface area contributed by atoms with Crippen molar-refractivity contribution in [3.05, 3.63) is 47.8 Å². The normalized spacial score (nSPS) is 14.1. The smallest absolute Gasteiger partial charge is 0.251 e. The minimum Gasteiger partial charge on any atom is -0.368 e. The van der Waals surface area contributed by atoms with E-state index in [0.29, 0.717) is 31.2 Å². The Hall–Kier alpha value is -3.16. The van der Waals surface area contributed by atoms with E-state index in [1.54, 1.807) is 35.0 Å². The van der Waals surface area contributed by atoms with Crippen molar-refractivity contribution < 1.29 is 14.4 Å². The quantitative estimate of drug-likeness (QED) is 0.254. The molecule has 1 fully saturated rings. The number of aromatic nitrogens is 2. The van der Waals surface area contributed by atoms with Crippen LogP contribution < -0.4 is 21.3 Å². The first-order chi connectivity index (χ1) is 14.9. The molecule has 2 aromatic rings. The third-order valence-electron chi connectivity index (χ3n) is 4.82. The number of anilines is 1. The highest BCUT2D eigenvalue weighted by molar-refractivity contribution is 14.0. The summed E-state index contributed by atoms with van der Waals surface area (Å²) in [6.07, 6.45) is 3.50. The van der Waals surface area contributed by atoms with Gasteiger partial charge in [-0.15, -0.1) is 24.0 Å². The summed E-state index contributed by atoms with van der Waals surface area (Å²) >= 11 is 0. The molecule has 1 aromatic heterocycles. The Bertz CT molecular complexity index is 989. The topological polar surface area (TPSA) is 138 Å². The van der Waals surface area contributed by atoms with Crippen LogP contribution in [0.1, 0.15) is 15.9 Å². The number of hydrogen-bond donors (Lipinski definition) is 3. The number of carbonyl (C=O) groups is 3. The highest BCUT2D eigenvalue weighted by Gasteiger charge is 2.27.